The molecule has 4 rings (SSSR count). The molecule has 6 nitrogen and oxygen atoms in total. The second-order valence-electron chi connectivity index (χ2n) is 6.10. The van der Waals surface area contributed by atoms with E-state index in [0.717, 1.165) is 16.5 Å². The van der Waals surface area contributed by atoms with E-state index in [1.807, 2.05) is 54.6 Å². The molecule has 130 valence electrons. The first-order valence-corrected chi connectivity index (χ1v) is 8.67. The summed E-state index contributed by atoms with van der Waals surface area (Å²) in [5.41, 5.74) is 1.73. The van der Waals surface area contributed by atoms with Crippen LogP contribution in [0.25, 0.3) is 10.9 Å². The molecule has 0 aliphatic carbocycles. The zero-order valence-corrected chi connectivity index (χ0v) is 14.6. The van der Waals surface area contributed by atoms with E-state index in [1.54, 1.807) is 0 Å². The Kier molecular flexibility index (Phi) is 4.22. The van der Waals surface area contributed by atoms with Crippen molar-refractivity contribution in [2.75, 3.05) is 5.32 Å². The van der Waals surface area contributed by atoms with Crippen LogP contribution in [-0.2, 0) is 11.3 Å². The lowest BCUT2D eigenvalue weighted by atomic mass is 10.2. The van der Waals surface area contributed by atoms with Gasteiger partial charge in [0.2, 0.25) is 10.7 Å². The number of carbonyl (C=O) groups excluding carboxylic acids is 2. The summed E-state index contributed by atoms with van der Waals surface area (Å²) in [7, 11) is 0. The van der Waals surface area contributed by atoms with Gasteiger partial charge in [-0.2, -0.15) is 0 Å². The molecule has 7 heteroatoms. The van der Waals surface area contributed by atoms with Crippen LogP contribution in [0.1, 0.15) is 16.8 Å². The second-order valence-corrected chi connectivity index (χ2v) is 6.46. The van der Waals surface area contributed by atoms with Gasteiger partial charge in [-0.1, -0.05) is 42.5 Å². The molecule has 0 spiro atoms. The number of carbonyl (C=O) groups is 2. The number of rotatable bonds is 4. The third-order valence-corrected chi connectivity index (χ3v) is 4.62. The molecule has 2 aromatic carbocycles. The van der Waals surface area contributed by atoms with Gasteiger partial charge in [0.1, 0.15) is 11.9 Å². The topological polar surface area (TPSA) is 76.0 Å². The highest BCUT2D eigenvalue weighted by atomic mass is 32.1. The van der Waals surface area contributed by atoms with Gasteiger partial charge in [-0.25, -0.2) is 9.55 Å². The summed E-state index contributed by atoms with van der Waals surface area (Å²) in [4.78, 5) is 29.3. The van der Waals surface area contributed by atoms with E-state index in [-0.39, 0.29) is 23.0 Å². The van der Waals surface area contributed by atoms with Crippen molar-refractivity contribution in [3.05, 3.63) is 64.9 Å². The van der Waals surface area contributed by atoms with Crippen LogP contribution in [-0.4, -0.2) is 27.4 Å². The van der Waals surface area contributed by atoms with E-state index in [0.29, 0.717) is 12.4 Å². The molecule has 0 fully saturated rings. The zero-order valence-electron chi connectivity index (χ0n) is 13.8. The molecule has 1 aromatic heterocycles. The summed E-state index contributed by atoms with van der Waals surface area (Å²) in [6.07, 6.45) is 0.0381. The van der Waals surface area contributed by atoms with Gasteiger partial charge in [-0.15, -0.1) is 0 Å². The van der Waals surface area contributed by atoms with E-state index >= 15 is 0 Å². The first-order valence-electron chi connectivity index (χ1n) is 8.26. The van der Waals surface area contributed by atoms with Gasteiger partial charge in [0.15, 0.2) is 0 Å². The summed E-state index contributed by atoms with van der Waals surface area (Å²) in [5, 5.41) is 6.79. The highest BCUT2D eigenvalue weighted by Crippen LogP contribution is 2.28. The van der Waals surface area contributed by atoms with Crippen LogP contribution in [0.4, 0.5) is 5.82 Å². The lowest BCUT2D eigenvalue weighted by molar-refractivity contribution is -0.121. The van der Waals surface area contributed by atoms with E-state index in [1.165, 1.54) is 4.57 Å². The second kappa shape index (κ2) is 6.68. The largest absolute Gasteiger partial charge is 0.358 e. The molecular formula is C19H16N4O2S. The summed E-state index contributed by atoms with van der Waals surface area (Å²) in [5.74, 6) is 0.154. The standard InChI is InChI=1S/C19H16N4O2S/c24-16(20-11-12-6-2-1-3-7-12)10-15-18(25)23-17(21-15)13-8-4-5-9-14(13)22-19(23)26/h1-9,15,21H,10-11H2,(H,20,24)/t15-/m1/s1. The number of para-hydroxylation sites is 1. The van der Waals surface area contributed by atoms with Crippen LogP contribution in [0.3, 0.4) is 0 Å². The predicted molar refractivity (Wildman–Crippen MR) is 102 cm³/mol. The van der Waals surface area contributed by atoms with E-state index < -0.39 is 6.04 Å². The molecule has 1 aliphatic rings. The Bertz CT molecular complexity index is 1060. The molecule has 0 saturated carbocycles. The third-order valence-electron chi connectivity index (χ3n) is 4.34. The monoisotopic (exact) mass is 364 g/mol. The maximum atomic E-state index is 12.7. The molecule has 26 heavy (non-hydrogen) atoms. The Morgan fingerprint density at radius 2 is 1.88 bits per heavy atom. The van der Waals surface area contributed by atoms with Gasteiger partial charge in [0.05, 0.1) is 11.9 Å². The fourth-order valence-electron chi connectivity index (χ4n) is 3.06. The fourth-order valence-corrected chi connectivity index (χ4v) is 3.34. The maximum Gasteiger partial charge on any atom is 0.257 e. The van der Waals surface area contributed by atoms with Crippen molar-refractivity contribution >= 4 is 40.8 Å². The highest BCUT2D eigenvalue weighted by molar-refractivity contribution is 7.71. The summed E-state index contributed by atoms with van der Waals surface area (Å²) < 4.78 is 1.58. The number of nitrogens with one attached hydrogen (secondary N) is 2. The summed E-state index contributed by atoms with van der Waals surface area (Å²) in [6, 6.07) is 16.4. The average Bonchev–Trinajstić information content (AvgIpc) is 2.98. The van der Waals surface area contributed by atoms with Crippen LogP contribution in [0.5, 0.6) is 0 Å². The summed E-state index contributed by atoms with van der Waals surface area (Å²) in [6.45, 7) is 0.428. The molecular weight excluding hydrogens is 348 g/mol. The van der Waals surface area contributed by atoms with E-state index in [9.17, 15) is 9.59 Å². The lowest BCUT2D eigenvalue weighted by Gasteiger charge is -2.09. The van der Waals surface area contributed by atoms with Crippen molar-refractivity contribution in [3.8, 4) is 0 Å². The quantitative estimate of drug-likeness (QED) is 0.696. The van der Waals surface area contributed by atoms with E-state index in [4.69, 9.17) is 12.2 Å². The molecule has 0 radical (unpaired) electrons. The molecule has 0 unspecified atom stereocenters. The minimum atomic E-state index is -0.653. The Balaban J connectivity index is 1.51. The number of fused-ring (bicyclic) bond motifs is 3. The third kappa shape index (κ3) is 2.97. The number of aromatic nitrogens is 2. The van der Waals surface area contributed by atoms with Gasteiger partial charge >= 0.3 is 0 Å². The molecule has 1 amide bonds. The van der Waals surface area contributed by atoms with Crippen molar-refractivity contribution in [2.45, 2.75) is 19.0 Å². The molecule has 2 N–H and O–H groups in total. The smallest absolute Gasteiger partial charge is 0.257 e. The van der Waals surface area contributed by atoms with Gasteiger partial charge < -0.3 is 10.6 Å². The summed E-state index contributed by atoms with van der Waals surface area (Å²) >= 11 is 5.26. The van der Waals surface area contributed by atoms with Crippen LogP contribution in [0, 0.1) is 4.77 Å². The Labute approximate surface area is 154 Å². The van der Waals surface area contributed by atoms with Crippen LogP contribution >= 0.6 is 12.2 Å². The predicted octanol–water partition coefficient (Wildman–Crippen LogP) is 2.91. The minimum Gasteiger partial charge on any atom is -0.358 e. The number of hydrogen-bond donors (Lipinski definition) is 2. The molecule has 1 atom stereocenters. The number of amides is 1. The van der Waals surface area contributed by atoms with Crippen LogP contribution in [0.2, 0.25) is 0 Å². The van der Waals surface area contributed by atoms with Crippen molar-refractivity contribution in [2.24, 2.45) is 0 Å². The van der Waals surface area contributed by atoms with Crippen molar-refractivity contribution in [3.63, 3.8) is 0 Å². The SMILES string of the molecule is O=C(C[C@H]1Nc2c3ccccc3nc(=S)n2C1=O)NCc1ccccc1. The number of anilines is 1. The Hall–Kier alpha value is -3.06. The zero-order chi connectivity index (χ0) is 18.1. The average molecular weight is 364 g/mol. The van der Waals surface area contributed by atoms with Gasteiger partial charge in [-0.05, 0) is 29.9 Å². The van der Waals surface area contributed by atoms with Crippen molar-refractivity contribution in [1.29, 1.82) is 0 Å². The number of hydrogen-bond acceptors (Lipinski definition) is 5. The number of benzene rings is 2. The minimum absolute atomic E-state index is 0.0381. The number of nitrogens with zero attached hydrogens (tertiary/aromatic N) is 2. The van der Waals surface area contributed by atoms with Crippen LogP contribution in [0.15, 0.2) is 54.6 Å². The fraction of sp³-hybridized carbons (Fsp3) is 0.158. The molecule has 3 aromatic rings. The van der Waals surface area contributed by atoms with Gasteiger partial charge in [0.25, 0.3) is 5.91 Å². The lowest BCUT2D eigenvalue weighted by Crippen LogP contribution is -2.33. The first-order chi connectivity index (χ1) is 12.6. The van der Waals surface area contributed by atoms with Crippen LogP contribution < -0.4 is 10.6 Å². The molecule has 0 bridgehead atoms. The van der Waals surface area contributed by atoms with Gasteiger partial charge in [-0.3, -0.25) is 9.59 Å². The Morgan fingerprint density at radius 1 is 1.15 bits per heavy atom. The Morgan fingerprint density at radius 3 is 2.69 bits per heavy atom. The molecule has 0 saturated heterocycles. The maximum absolute atomic E-state index is 12.7. The molecule has 1 aliphatic heterocycles. The van der Waals surface area contributed by atoms with E-state index in [2.05, 4.69) is 15.6 Å². The van der Waals surface area contributed by atoms with Crippen molar-refractivity contribution < 1.29 is 9.59 Å². The van der Waals surface area contributed by atoms with Crippen molar-refractivity contribution in [1.82, 2.24) is 14.9 Å². The van der Waals surface area contributed by atoms with Gasteiger partial charge in [0, 0.05) is 11.9 Å². The highest BCUT2D eigenvalue weighted by Gasteiger charge is 2.33. The molecule has 2 heterocycles. The first kappa shape index (κ1) is 16.4. The normalized spacial score (nSPS) is 15.5.